The highest BCUT2D eigenvalue weighted by atomic mass is 14.9. The Balaban J connectivity index is 1.38. The van der Waals surface area contributed by atoms with Gasteiger partial charge in [-0.3, -0.25) is 4.98 Å². The van der Waals surface area contributed by atoms with E-state index in [4.69, 9.17) is 9.97 Å². The molecule has 3 heteroatoms. The zero-order chi connectivity index (χ0) is 29.0. The molecule has 2 aromatic heterocycles. The standard InChI is InChI=1S/C41H25N3/c1-3-13-30-27(10-1)22-36(34-17-7-5-15-32(30)34)39-25-40(44-41(43-39)29-20-19-26-12-9-21-42-38(26)24-29)37-23-28-11-2-4-14-31(28)33-16-6-8-18-35(33)37/h1-25H. The second-order valence-corrected chi connectivity index (χ2v) is 11.3. The third-order valence-electron chi connectivity index (χ3n) is 8.68. The molecule has 0 bridgehead atoms. The van der Waals surface area contributed by atoms with Crippen LogP contribution < -0.4 is 0 Å². The van der Waals surface area contributed by atoms with Crippen molar-refractivity contribution in [1.82, 2.24) is 15.0 Å². The minimum Gasteiger partial charge on any atom is -0.256 e. The number of hydrogen-bond donors (Lipinski definition) is 0. The van der Waals surface area contributed by atoms with Gasteiger partial charge >= 0.3 is 0 Å². The van der Waals surface area contributed by atoms with Gasteiger partial charge in [-0.05, 0) is 73.4 Å². The monoisotopic (exact) mass is 559 g/mol. The van der Waals surface area contributed by atoms with E-state index in [1.54, 1.807) is 0 Å². The molecule has 2 heterocycles. The van der Waals surface area contributed by atoms with Crippen LogP contribution in [0.2, 0.25) is 0 Å². The Morgan fingerprint density at radius 2 is 0.864 bits per heavy atom. The van der Waals surface area contributed by atoms with E-state index in [0.29, 0.717) is 5.82 Å². The van der Waals surface area contributed by atoms with Crippen LogP contribution in [0.15, 0.2) is 152 Å². The van der Waals surface area contributed by atoms with Crippen LogP contribution in [-0.4, -0.2) is 15.0 Å². The summed E-state index contributed by atoms with van der Waals surface area (Å²) >= 11 is 0. The molecule has 9 aromatic rings. The van der Waals surface area contributed by atoms with E-state index in [2.05, 4.69) is 145 Å². The first kappa shape index (κ1) is 24.6. The first-order chi connectivity index (χ1) is 21.8. The molecule has 0 fully saturated rings. The van der Waals surface area contributed by atoms with Gasteiger partial charge in [-0.25, -0.2) is 9.97 Å². The summed E-state index contributed by atoms with van der Waals surface area (Å²) in [6, 6.07) is 51.4. The third-order valence-corrected chi connectivity index (χ3v) is 8.68. The number of pyridine rings is 1. The quantitative estimate of drug-likeness (QED) is 0.202. The molecule has 9 rings (SSSR count). The van der Waals surface area contributed by atoms with Crippen LogP contribution in [0.5, 0.6) is 0 Å². The Morgan fingerprint density at radius 1 is 0.364 bits per heavy atom. The van der Waals surface area contributed by atoms with Gasteiger partial charge < -0.3 is 0 Å². The summed E-state index contributed by atoms with van der Waals surface area (Å²) in [5.74, 6) is 0.680. The van der Waals surface area contributed by atoms with E-state index < -0.39 is 0 Å². The van der Waals surface area contributed by atoms with Crippen molar-refractivity contribution >= 4 is 54.0 Å². The SMILES string of the molecule is c1cnc2cc(-c3nc(-c4cc5ccccc5c5ccccc45)cc(-c4cc5ccccc5c5ccccc45)n3)ccc2c1. The number of aromatic nitrogens is 3. The number of rotatable bonds is 3. The number of hydrogen-bond acceptors (Lipinski definition) is 3. The van der Waals surface area contributed by atoms with E-state index in [0.717, 1.165) is 39.0 Å². The Kier molecular flexibility index (Phi) is 5.50. The highest BCUT2D eigenvalue weighted by Crippen LogP contribution is 2.39. The van der Waals surface area contributed by atoms with Crippen LogP contribution in [0, 0.1) is 0 Å². The third kappa shape index (κ3) is 3.94. The van der Waals surface area contributed by atoms with Crippen molar-refractivity contribution in [2.75, 3.05) is 0 Å². The normalized spacial score (nSPS) is 11.6. The average Bonchev–Trinajstić information content (AvgIpc) is 3.10. The van der Waals surface area contributed by atoms with Gasteiger partial charge in [0.25, 0.3) is 0 Å². The number of nitrogens with zero attached hydrogens (tertiary/aromatic N) is 3. The zero-order valence-corrected chi connectivity index (χ0v) is 23.8. The van der Waals surface area contributed by atoms with Gasteiger partial charge in [0.05, 0.1) is 16.9 Å². The van der Waals surface area contributed by atoms with Crippen molar-refractivity contribution in [1.29, 1.82) is 0 Å². The van der Waals surface area contributed by atoms with Crippen molar-refractivity contribution in [3.63, 3.8) is 0 Å². The maximum absolute atomic E-state index is 5.27. The molecule has 204 valence electrons. The fourth-order valence-corrected chi connectivity index (χ4v) is 6.59. The molecular formula is C41H25N3. The zero-order valence-electron chi connectivity index (χ0n) is 23.8. The van der Waals surface area contributed by atoms with Crippen molar-refractivity contribution in [2.24, 2.45) is 0 Å². The van der Waals surface area contributed by atoms with Gasteiger partial charge in [0.15, 0.2) is 5.82 Å². The summed E-state index contributed by atoms with van der Waals surface area (Å²) in [6.45, 7) is 0. The lowest BCUT2D eigenvalue weighted by Crippen LogP contribution is -1.97. The summed E-state index contributed by atoms with van der Waals surface area (Å²) in [7, 11) is 0. The number of fused-ring (bicyclic) bond motifs is 7. The van der Waals surface area contributed by atoms with Crippen LogP contribution in [0.3, 0.4) is 0 Å². The van der Waals surface area contributed by atoms with Crippen molar-refractivity contribution in [3.05, 3.63) is 152 Å². The lowest BCUT2D eigenvalue weighted by molar-refractivity contribution is 1.19. The lowest BCUT2D eigenvalue weighted by Gasteiger charge is -2.15. The van der Waals surface area contributed by atoms with E-state index in [1.807, 2.05) is 12.3 Å². The molecule has 0 saturated heterocycles. The first-order valence-corrected chi connectivity index (χ1v) is 14.9. The van der Waals surface area contributed by atoms with E-state index in [9.17, 15) is 0 Å². The molecular weight excluding hydrogens is 534 g/mol. The summed E-state index contributed by atoms with van der Waals surface area (Å²) in [6.07, 6.45) is 1.83. The summed E-state index contributed by atoms with van der Waals surface area (Å²) in [5.41, 5.74) is 5.83. The van der Waals surface area contributed by atoms with Gasteiger partial charge in [0, 0.05) is 28.3 Å². The van der Waals surface area contributed by atoms with Crippen LogP contribution >= 0.6 is 0 Å². The van der Waals surface area contributed by atoms with Crippen molar-refractivity contribution < 1.29 is 0 Å². The smallest absolute Gasteiger partial charge is 0.160 e. The molecule has 0 N–H and O–H groups in total. The Morgan fingerprint density at radius 3 is 1.45 bits per heavy atom. The van der Waals surface area contributed by atoms with Gasteiger partial charge in [-0.2, -0.15) is 0 Å². The maximum atomic E-state index is 5.27. The molecule has 0 spiro atoms. The molecule has 0 aliphatic carbocycles. The predicted molar refractivity (Wildman–Crippen MR) is 184 cm³/mol. The highest BCUT2D eigenvalue weighted by Gasteiger charge is 2.17. The maximum Gasteiger partial charge on any atom is 0.160 e. The van der Waals surface area contributed by atoms with E-state index in [1.165, 1.54) is 43.1 Å². The van der Waals surface area contributed by atoms with Crippen LogP contribution in [0.4, 0.5) is 0 Å². The summed E-state index contributed by atoms with van der Waals surface area (Å²) in [5, 5.41) is 10.7. The van der Waals surface area contributed by atoms with Crippen molar-refractivity contribution in [2.45, 2.75) is 0 Å². The second-order valence-electron chi connectivity index (χ2n) is 11.3. The fraction of sp³-hybridized carbons (Fsp3) is 0. The Bertz CT molecular complexity index is 2430. The minimum atomic E-state index is 0.680. The van der Waals surface area contributed by atoms with E-state index >= 15 is 0 Å². The summed E-state index contributed by atoms with van der Waals surface area (Å²) in [4.78, 5) is 15.2. The minimum absolute atomic E-state index is 0.680. The number of benzene rings is 7. The molecule has 0 unspecified atom stereocenters. The molecule has 0 amide bonds. The molecule has 3 nitrogen and oxygen atoms in total. The van der Waals surface area contributed by atoms with Gasteiger partial charge in [-0.1, -0.05) is 115 Å². The van der Waals surface area contributed by atoms with Crippen LogP contribution in [0.1, 0.15) is 0 Å². The molecule has 0 aliphatic rings. The molecule has 0 atom stereocenters. The van der Waals surface area contributed by atoms with Crippen LogP contribution in [0.25, 0.3) is 87.9 Å². The topological polar surface area (TPSA) is 38.7 Å². The molecule has 44 heavy (non-hydrogen) atoms. The molecule has 0 radical (unpaired) electrons. The fourth-order valence-electron chi connectivity index (χ4n) is 6.59. The van der Waals surface area contributed by atoms with E-state index in [-0.39, 0.29) is 0 Å². The van der Waals surface area contributed by atoms with Crippen LogP contribution in [-0.2, 0) is 0 Å². The molecule has 0 aliphatic heterocycles. The second kappa shape index (κ2) is 9.82. The van der Waals surface area contributed by atoms with Gasteiger partial charge in [0.1, 0.15) is 0 Å². The molecule has 7 aromatic carbocycles. The van der Waals surface area contributed by atoms with Gasteiger partial charge in [0.2, 0.25) is 0 Å². The first-order valence-electron chi connectivity index (χ1n) is 14.9. The Hall–Kier alpha value is -5.93. The largest absolute Gasteiger partial charge is 0.256 e. The van der Waals surface area contributed by atoms with Crippen molar-refractivity contribution in [3.8, 4) is 33.9 Å². The highest BCUT2D eigenvalue weighted by molar-refractivity contribution is 6.15. The molecule has 0 saturated carbocycles. The predicted octanol–water partition coefficient (Wildman–Crippen LogP) is 10.6. The summed E-state index contributed by atoms with van der Waals surface area (Å²) < 4.78 is 0. The lowest BCUT2D eigenvalue weighted by atomic mass is 9.93. The van der Waals surface area contributed by atoms with Gasteiger partial charge in [-0.15, -0.1) is 0 Å². The Labute approximate surface area is 254 Å². The average molecular weight is 560 g/mol.